The van der Waals surface area contributed by atoms with Crippen molar-refractivity contribution in [3.8, 4) is 11.1 Å². The van der Waals surface area contributed by atoms with Gasteiger partial charge in [0.1, 0.15) is 6.61 Å². The summed E-state index contributed by atoms with van der Waals surface area (Å²) in [6.45, 7) is 1.46. The molecule has 184 valence electrons. The number of carbonyl (C=O) groups excluding carboxylic acids is 1. The Bertz CT molecular complexity index is 1370. The van der Waals surface area contributed by atoms with Crippen molar-refractivity contribution in [2.75, 3.05) is 13.2 Å². The van der Waals surface area contributed by atoms with Crippen LogP contribution in [0.1, 0.15) is 21.5 Å². The van der Waals surface area contributed by atoms with E-state index in [1.54, 1.807) is 6.07 Å². The second-order valence-corrected chi connectivity index (χ2v) is 9.98. The van der Waals surface area contributed by atoms with Crippen LogP contribution >= 0.6 is 0 Å². The summed E-state index contributed by atoms with van der Waals surface area (Å²) >= 11 is 0. The monoisotopic (exact) mass is 500 g/mol. The zero-order valence-corrected chi connectivity index (χ0v) is 20.6. The smallest absolute Gasteiger partial charge is 0.338 e. The lowest BCUT2D eigenvalue weighted by Gasteiger charge is -2.10. The van der Waals surface area contributed by atoms with Crippen LogP contribution in [0, 0.1) is 0 Å². The quantitative estimate of drug-likeness (QED) is 0.229. The van der Waals surface area contributed by atoms with Gasteiger partial charge in [0.15, 0.2) is 0 Å². The Morgan fingerprint density at radius 2 is 1.33 bits per heavy atom. The molecule has 0 bridgehead atoms. The summed E-state index contributed by atoms with van der Waals surface area (Å²) in [5, 5.41) is 3.25. The minimum Gasteiger partial charge on any atom is -0.461 e. The van der Waals surface area contributed by atoms with E-state index in [-0.39, 0.29) is 23.6 Å². The van der Waals surface area contributed by atoms with Crippen molar-refractivity contribution in [3.05, 3.63) is 126 Å². The minimum absolute atomic E-state index is 0.0185. The maximum absolute atomic E-state index is 12.6. The predicted octanol–water partition coefficient (Wildman–Crippen LogP) is 4.78. The molecule has 0 aliphatic heterocycles. The summed E-state index contributed by atoms with van der Waals surface area (Å²) in [5.41, 5.74) is 4.49. The molecular weight excluding hydrogens is 472 g/mol. The first-order valence-corrected chi connectivity index (χ1v) is 13.2. The highest BCUT2D eigenvalue weighted by atomic mass is 32.2. The topological polar surface area (TPSA) is 84.5 Å². The van der Waals surface area contributed by atoms with Gasteiger partial charge in [-0.05, 0) is 40.5 Å². The van der Waals surface area contributed by atoms with Crippen LogP contribution < -0.4 is 10.0 Å². The summed E-state index contributed by atoms with van der Waals surface area (Å²) in [7, 11) is -3.77. The van der Waals surface area contributed by atoms with E-state index in [1.165, 1.54) is 23.8 Å². The Morgan fingerprint density at radius 1 is 0.694 bits per heavy atom. The third-order valence-corrected chi connectivity index (χ3v) is 6.99. The van der Waals surface area contributed by atoms with Gasteiger partial charge >= 0.3 is 5.97 Å². The number of nitrogens with one attached hydrogen (secondary N) is 2. The molecule has 2 N–H and O–H groups in total. The van der Waals surface area contributed by atoms with Gasteiger partial charge in [-0.25, -0.2) is 17.9 Å². The van der Waals surface area contributed by atoms with Crippen molar-refractivity contribution in [3.63, 3.8) is 0 Å². The van der Waals surface area contributed by atoms with Crippen molar-refractivity contribution >= 4 is 16.0 Å². The molecule has 0 fully saturated rings. The lowest BCUT2D eigenvalue weighted by molar-refractivity contribution is 0.0508. The van der Waals surface area contributed by atoms with Gasteiger partial charge in [-0.3, -0.25) is 0 Å². The second kappa shape index (κ2) is 12.3. The molecule has 0 aromatic heterocycles. The van der Waals surface area contributed by atoms with Gasteiger partial charge in [0.25, 0.3) is 0 Å². The highest BCUT2D eigenvalue weighted by Gasteiger charge is 2.16. The zero-order valence-electron chi connectivity index (χ0n) is 19.8. The molecule has 0 aliphatic carbocycles. The number of hydrogen-bond donors (Lipinski definition) is 2. The van der Waals surface area contributed by atoms with Crippen LogP contribution in [0.4, 0.5) is 0 Å². The van der Waals surface area contributed by atoms with E-state index in [9.17, 15) is 13.2 Å². The molecule has 0 heterocycles. The normalized spacial score (nSPS) is 11.2. The fraction of sp³-hybridized carbons (Fsp3) is 0.138. The summed E-state index contributed by atoms with van der Waals surface area (Å²) in [6, 6.07) is 33.6. The van der Waals surface area contributed by atoms with Gasteiger partial charge in [-0.15, -0.1) is 0 Å². The van der Waals surface area contributed by atoms with Crippen molar-refractivity contribution < 1.29 is 17.9 Å². The molecule has 0 saturated carbocycles. The Hall–Kier alpha value is -3.78. The maximum Gasteiger partial charge on any atom is 0.338 e. The van der Waals surface area contributed by atoms with E-state index in [0.29, 0.717) is 13.1 Å². The molecule has 4 aromatic rings. The average Bonchev–Trinajstić information content (AvgIpc) is 2.93. The van der Waals surface area contributed by atoms with Gasteiger partial charge in [0.05, 0.1) is 10.5 Å². The molecule has 6 nitrogen and oxygen atoms in total. The minimum atomic E-state index is -3.77. The van der Waals surface area contributed by atoms with Gasteiger partial charge in [-0.1, -0.05) is 91.0 Å². The summed E-state index contributed by atoms with van der Waals surface area (Å²) in [5.74, 6) is -0.566. The largest absolute Gasteiger partial charge is 0.461 e. The first kappa shape index (κ1) is 25.3. The Morgan fingerprint density at radius 3 is 2.06 bits per heavy atom. The van der Waals surface area contributed by atoms with Gasteiger partial charge in [0, 0.05) is 19.6 Å². The van der Waals surface area contributed by atoms with Gasteiger partial charge in [-0.2, -0.15) is 0 Å². The van der Waals surface area contributed by atoms with Crippen molar-refractivity contribution in [2.45, 2.75) is 18.0 Å². The lowest BCUT2D eigenvalue weighted by atomic mass is 10.0. The molecule has 0 radical (unpaired) electrons. The van der Waals surface area contributed by atoms with E-state index in [0.717, 1.165) is 16.7 Å². The van der Waals surface area contributed by atoms with E-state index >= 15 is 0 Å². The molecular formula is C29H28N2O4S. The van der Waals surface area contributed by atoms with Crippen molar-refractivity contribution in [1.29, 1.82) is 0 Å². The van der Waals surface area contributed by atoms with E-state index < -0.39 is 16.0 Å². The molecule has 0 amide bonds. The molecule has 0 atom stereocenters. The van der Waals surface area contributed by atoms with Crippen molar-refractivity contribution in [1.82, 2.24) is 10.0 Å². The first-order chi connectivity index (χ1) is 17.5. The number of sulfonamides is 1. The predicted molar refractivity (Wildman–Crippen MR) is 141 cm³/mol. The number of rotatable bonds is 11. The summed E-state index contributed by atoms with van der Waals surface area (Å²) < 4.78 is 33.2. The van der Waals surface area contributed by atoms with Crippen LogP contribution in [0.5, 0.6) is 0 Å². The third-order valence-electron chi connectivity index (χ3n) is 5.59. The Labute approximate surface area is 212 Å². The molecule has 0 aliphatic rings. The summed E-state index contributed by atoms with van der Waals surface area (Å²) in [6.07, 6.45) is 0. The standard InChI is InChI=1S/C29H28N2O4S/c32-29(27-12-7-13-28(20-27)36(33,34)31-22-23-8-3-1-4-9-23)35-19-18-30-21-24-14-16-26(17-15-24)25-10-5-2-6-11-25/h1-17,20,30-31H,18-19,21-22H2. The van der Waals surface area contributed by atoms with Crippen LogP contribution in [-0.4, -0.2) is 27.5 Å². The Kier molecular flexibility index (Phi) is 8.62. The summed E-state index contributed by atoms with van der Waals surface area (Å²) in [4.78, 5) is 12.5. The van der Waals surface area contributed by atoms with Crippen LogP contribution in [0.15, 0.2) is 114 Å². The molecule has 0 spiro atoms. The molecule has 0 saturated heterocycles. The first-order valence-electron chi connectivity index (χ1n) is 11.7. The van der Waals surface area contributed by atoms with Crippen LogP contribution in [0.3, 0.4) is 0 Å². The van der Waals surface area contributed by atoms with E-state index in [1.807, 2.05) is 48.5 Å². The molecule has 4 rings (SSSR count). The number of hydrogen-bond acceptors (Lipinski definition) is 5. The van der Waals surface area contributed by atoms with Crippen LogP contribution in [0.25, 0.3) is 11.1 Å². The van der Waals surface area contributed by atoms with Crippen molar-refractivity contribution in [2.24, 2.45) is 0 Å². The highest BCUT2D eigenvalue weighted by molar-refractivity contribution is 7.89. The van der Waals surface area contributed by atoms with E-state index in [4.69, 9.17) is 4.74 Å². The Balaban J connectivity index is 1.23. The number of ether oxygens (including phenoxy) is 1. The van der Waals surface area contributed by atoms with E-state index in [2.05, 4.69) is 46.4 Å². The fourth-order valence-electron chi connectivity index (χ4n) is 3.63. The average molecular weight is 501 g/mol. The second-order valence-electron chi connectivity index (χ2n) is 8.21. The molecule has 4 aromatic carbocycles. The molecule has 36 heavy (non-hydrogen) atoms. The number of esters is 1. The lowest BCUT2D eigenvalue weighted by Crippen LogP contribution is -2.24. The molecule has 0 unspecified atom stereocenters. The SMILES string of the molecule is O=C(OCCNCc1ccc(-c2ccccc2)cc1)c1cccc(S(=O)(=O)NCc2ccccc2)c1. The highest BCUT2D eigenvalue weighted by Crippen LogP contribution is 2.19. The number of benzene rings is 4. The zero-order chi connectivity index (χ0) is 25.2. The van der Waals surface area contributed by atoms with Gasteiger partial charge in [0.2, 0.25) is 10.0 Å². The number of carbonyl (C=O) groups is 1. The van der Waals surface area contributed by atoms with Crippen LogP contribution in [0.2, 0.25) is 0 Å². The van der Waals surface area contributed by atoms with Gasteiger partial charge < -0.3 is 10.1 Å². The fourth-order valence-corrected chi connectivity index (χ4v) is 4.69. The third kappa shape index (κ3) is 7.11. The van der Waals surface area contributed by atoms with Crippen LogP contribution in [-0.2, 0) is 27.8 Å². The maximum atomic E-state index is 12.6. The molecule has 7 heteroatoms.